The molecule has 0 spiro atoms. The zero-order chi connectivity index (χ0) is 9.26. The number of hydrogen-bond donors (Lipinski definition) is 1. The van der Waals surface area contributed by atoms with Gasteiger partial charge in [0.1, 0.15) is 0 Å². The van der Waals surface area contributed by atoms with Crippen molar-refractivity contribution in [1.29, 1.82) is 0 Å². The first-order chi connectivity index (χ1) is 6.24. The molecule has 1 nitrogen and oxygen atoms in total. The molecule has 0 bridgehead atoms. The van der Waals surface area contributed by atoms with Crippen LogP contribution in [-0.2, 0) is 6.42 Å². The highest BCUT2D eigenvalue weighted by Crippen LogP contribution is 2.28. The number of halogens is 1. The average Bonchev–Trinajstić information content (AvgIpc) is 2.62. The normalized spacial score (nSPS) is 22.0. The molecule has 0 radical (unpaired) electrons. The van der Waals surface area contributed by atoms with Gasteiger partial charge in [-0.2, -0.15) is 0 Å². The molecule has 1 heterocycles. The van der Waals surface area contributed by atoms with Gasteiger partial charge in [-0.25, -0.2) is 0 Å². The van der Waals surface area contributed by atoms with Crippen molar-refractivity contribution in [3.8, 4) is 0 Å². The van der Waals surface area contributed by atoms with E-state index >= 15 is 0 Å². The fourth-order valence-corrected chi connectivity index (χ4v) is 3.13. The topological polar surface area (TPSA) is 20.2 Å². The lowest BCUT2D eigenvalue weighted by Gasteiger charge is -1.96. The van der Waals surface area contributed by atoms with Crippen molar-refractivity contribution in [2.24, 2.45) is 0 Å². The van der Waals surface area contributed by atoms with Crippen LogP contribution in [0.15, 0.2) is 27.6 Å². The van der Waals surface area contributed by atoms with Gasteiger partial charge in [0.05, 0.1) is 9.89 Å². The van der Waals surface area contributed by atoms with E-state index in [1.165, 1.54) is 14.2 Å². The van der Waals surface area contributed by atoms with E-state index in [9.17, 15) is 5.11 Å². The van der Waals surface area contributed by atoms with Crippen LogP contribution in [0.25, 0.3) is 0 Å². The molecule has 1 unspecified atom stereocenters. The zero-order valence-corrected chi connectivity index (χ0v) is 9.57. The molecular weight excluding hydrogens is 248 g/mol. The smallest absolute Gasteiger partial charge is 0.0726 e. The summed E-state index contributed by atoms with van der Waals surface area (Å²) in [5.41, 5.74) is 1.38. The minimum absolute atomic E-state index is 0.196. The fourth-order valence-electron chi connectivity index (χ4n) is 1.59. The molecule has 0 amide bonds. The summed E-state index contributed by atoms with van der Waals surface area (Å²) in [4.78, 5) is 1.37. The monoisotopic (exact) mass is 258 g/mol. The quantitative estimate of drug-likeness (QED) is 0.809. The Labute approximate surface area is 90.2 Å². The Bertz CT molecular complexity index is 329. The van der Waals surface area contributed by atoms with Crippen LogP contribution in [0, 0.1) is 0 Å². The van der Waals surface area contributed by atoms with Gasteiger partial charge in [0, 0.05) is 11.3 Å². The predicted octanol–water partition coefficient (Wildman–Crippen LogP) is 3.13. The van der Waals surface area contributed by atoms with E-state index in [0.29, 0.717) is 0 Å². The number of aliphatic hydroxyl groups excluding tert-OH is 1. The Kier molecular flexibility index (Phi) is 2.86. The standard InChI is InChI=1S/C10H11BrOS/c11-10-4-3-9(13-10)6-7-1-2-8(12)5-7/h3-5,8,12H,1-2,6H2. The van der Waals surface area contributed by atoms with E-state index in [1.807, 2.05) is 6.08 Å². The van der Waals surface area contributed by atoms with Crippen molar-refractivity contribution in [1.82, 2.24) is 0 Å². The van der Waals surface area contributed by atoms with Crippen molar-refractivity contribution in [2.45, 2.75) is 25.4 Å². The second kappa shape index (κ2) is 3.95. The van der Waals surface area contributed by atoms with Crippen LogP contribution < -0.4 is 0 Å². The fraction of sp³-hybridized carbons (Fsp3) is 0.400. The molecule has 3 heteroatoms. The van der Waals surface area contributed by atoms with Gasteiger partial charge in [-0.1, -0.05) is 11.6 Å². The van der Waals surface area contributed by atoms with Crippen molar-refractivity contribution >= 4 is 27.3 Å². The average molecular weight is 259 g/mol. The SMILES string of the molecule is OC1C=C(Cc2ccc(Br)s2)CC1. The van der Waals surface area contributed by atoms with Gasteiger partial charge in [-0.15, -0.1) is 11.3 Å². The first-order valence-electron chi connectivity index (χ1n) is 4.36. The maximum absolute atomic E-state index is 9.30. The summed E-state index contributed by atoms with van der Waals surface area (Å²) in [5, 5.41) is 9.30. The van der Waals surface area contributed by atoms with Crippen LogP contribution in [0.5, 0.6) is 0 Å². The molecule has 0 aromatic carbocycles. The molecule has 1 aliphatic rings. The molecule has 1 atom stereocenters. The molecule has 0 saturated carbocycles. The molecule has 1 aromatic rings. The van der Waals surface area contributed by atoms with Gasteiger partial charge < -0.3 is 5.11 Å². The molecule has 2 rings (SSSR count). The Morgan fingerprint density at radius 2 is 2.38 bits per heavy atom. The van der Waals surface area contributed by atoms with Gasteiger partial charge in [0.2, 0.25) is 0 Å². The lowest BCUT2D eigenvalue weighted by atomic mass is 10.1. The van der Waals surface area contributed by atoms with Gasteiger partial charge in [-0.3, -0.25) is 0 Å². The van der Waals surface area contributed by atoms with E-state index in [1.54, 1.807) is 11.3 Å². The Balaban J connectivity index is 2.02. The summed E-state index contributed by atoms with van der Waals surface area (Å²) < 4.78 is 1.18. The van der Waals surface area contributed by atoms with Crippen LogP contribution in [-0.4, -0.2) is 11.2 Å². The summed E-state index contributed by atoms with van der Waals surface area (Å²) in [7, 11) is 0. The minimum atomic E-state index is -0.196. The number of thiophene rings is 1. The van der Waals surface area contributed by atoms with Gasteiger partial charge in [0.15, 0.2) is 0 Å². The number of aliphatic hydroxyl groups is 1. The first kappa shape index (κ1) is 9.44. The van der Waals surface area contributed by atoms with Crippen molar-refractivity contribution in [3.05, 3.63) is 32.4 Å². The Hall–Kier alpha value is -0.120. The van der Waals surface area contributed by atoms with Crippen molar-refractivity contribution in [2.75, 3.05) is 0 Å². The summed E-state index contributed by atoms with van der Waals surface area (Å²) in [6.07, 6.45) is 4.76. The molecule has 1 aromatic heterocycles. The maximum Gasteiger partial charge on any atom is 0.0726 e. The van der Waals surface area contributed by atoms with E-state index in [4.69, 9.17) is 0 Å². The van der Waals surface area contributed by atoms with Crippen LogP contribution in [0.3, 0.4) is 0 Å². The predicted molar refractivity (Wildman–Crippen MR) is 59.0 cm³/mol. The number of rotatable bonds is 2. The van der Waals surface area contributed by atoms with Crippen molar-refractivity contribution < 1.29 is 5.11 Å². The minimum Gasteiger partial charge on any atom is -0.389 e. The molecule has 1 aliphatic carbocycles. The van der Waals surface area contributed by atoms with E-state index in [2.05, 4.69) is 28.1 Å². The third-order valence-electron chi connectivity index (χ3n) is 2.22. The summed E-state index contributed by atoms with van der Waals surface area (Å²) in [6, 6.07) is 4.21. The summed E-state index contributed by atoms with van der Waals surface area (Å²) >= 11 is 5.21. The Morgan fingerprint density at radius 1 is 1.54 bits per heavy atom. The third kappa shape index (κ3) is 2.42. The highest BCUT2D eigenvalue weighted by molar-refractivity contribution is 9.11. The van der Waals surface area contributed by atoms with Crippen LogP contribution >= 0.6 is 27.3 Å². The largest absolute Gasteiger partial charge is 0.389 e. The van der Waals surface area contributed by atoms with Gasteiger partial charge in [-0.05, 0) is 40.9 Å². The molecule has 70 valence electrons. The highest BCUT2D eigenvalue weighted by Gasteiger charge is 2.13. The molecule has 1 N–H and O–H groups in total. The van der Waals surface area contributed by atoms with Crippen molar-refractivity contribution in [3.63, 3.8) is 0 Å². The second-order valence-electron chi connectivity index (χ2n) is 3.31. The second-order valence-corrected chi connectivity index (χ2v) is 5.86. The maximum atomic E-state index is 9.30. The third-order valence-corrected chi connectivity index (χ3v) is 3.84. The van der Waals surface area contributed by atoms with Gasteiger partial charge in [0.25, 0.3) is 0 Å². The Morgan fingerprint density at radius 3 is 2.92 bits per heavy atom. The molecule has 13 heavy (non-hydrogen) atoms. The van der Waals surface area contributed by atoms with E-state index in [0.717, 1.165) is 19.3 Å². The number of allylic oxidation sites excluding steroid dienone is 1. The summed E-state index contributed by atoms with van der Waals surface area (Å²) in [5.74, 6) is 0. The van der Waals surface area contributed by atoms with Crippen LogP contribution in [0.2, 0.25) is 0 Å². The zero-order valence-electron chi connectivity index (χ0n) is 7.16. The van der Waals surface area contributed by atoms with E-state index < -0.39 is 0 Å². The molecule has 0 aliphatic heterocycles. The van der Waals surface area contributed by atoms with E-state index in [-0.39, 0.29) is 6.10 Å². The highest BCUT2D eigenvalue weighted by atomic mass is 79.9. The van der Waals surface area contributed by atoms with Crippen LogP contribution in [0.4, 0.5) is 0 Å². The lowest BCUT2D eigenvalue weighted by Crippen LogP contribution is -1.93. The molecule has 0 fully saturated rings. The van der Waals surface area contributed by atoms with Gasteiger partial charge >= 0.3 is 0 Å². The van der Waals surface area contributed by atoms with Crippen LogP contribution in [0.1, 0.15) is 17.7 Å². The summed E-state index contributed by atoms with van der Waals surface area (Å²) in [6.45, 7) is 0. The molecular formula is C10H11BrOS. The first-order valence-corrected chi connectivity index (χ1v) is 5.97. The lowest BCUT2D eigenvalue weighted by molar-refractivity contribution is 0.223. The number of hydrogen-bond acceptors (Lipinski definition) is 2. The molecule has 0 saturated heterocycles.